The summed E-state index contributed by atoms with van der Waals surface area (Å²) in [5.41, 5.74) is 2.93. The summed E-state index contributed by atoms with van der Waals surface area (Å²) in [6.45, 7) is 10.6. The second kappa shape index (κ2) is 6.11. The van der Waals surface area contributed by atoms with Gasteiger partial charge in [0.25, 0.3) is 0 Å². The van der Waals surface area contributed by atoms with Gasteiger partial charge in [-0.1, -0.05) is 26.0 Å². The van der Waals surface area contributed by atoms with E-state index in [0.717, 1.165) is 31.0 Å². The predicted molar refractivity (Wildman–Crippen MR) is 97.0 cm³/mol. The molecule has 1 aromatic rings. The van der Waals surface area contributed by atoms with Crippen LogP contribution in [0.5, 0.6) is 11.5 Å². The Morgan fingerprint density at radius 1 is 1.38 bits per heavy atom. The van der Waals surface area contributed by atoms with Gasteiger partial charge in [0.05, 0.1) is 7.11 Å². The minimum Gasteiger partial charge on any atom is -0.493 e. The van der Waals surface area contributed by atoms with E-state index < -0.39 is 0 Å². The summed E-state index contributed by atoms with van der Waals surface area (Å²) in [5.74, 6) is 3.78. The summed E-state index contributed by atoms with van der Waals surface area (Å²) in [7, 11) is 1.75. The molecule has 3 heteroatoms. The minimum absolute atomic E-state index is 0.319. The molecule has 0 spiro atoms. The van der Waals surface area contributed by atoms with E-state index in [-0.39, 0.29) is 0 Å². The van der Waals surface area contributed by atoms with E-state index in [4.69, 9.17) is 9.47 Å². The van der Waals surface area contributed by atoms with Crippen LogP contribution in [-0.4, -0.2) is 37.2 Å². The average Bonchev–Trinajstić information content (AvgIpc) is 3.01. The van der Waals surface area contributed by atoms with Crippen molar-refractivity contribution < 1.29 is 9.47 Å². The maximum Gasteiger partial charge on any atom is 0.165 e. The number of rotatable bonds is 5. The van der Waals surface area contributed by atoms with Gasteiger partial charge in [0.15, 0.2) is 11.5 Å². The largest absolute Gasteiger partial charge is 0.493 e. The lowest BCUT2D eigenvalue weighted by Crippen LogP contribution is -2.51. The number of nitrogens with zero attached hydrogens (tertiary/aromatic N) is 1. The third kappa shape index (κ3) is 2.21. The number of methoxy groups -OCH3 is 1. The van der Waals surface area contributed by atoms with Crippen LogP contribution in [0.4, 0.5) is 0 Å². The Bertz CT molecular complexity index is 641. The summed E-state index contributed by atoms with van der Waals surface area (Å²) < 4.78 is 12.1. The summed E-state index contributed by atoms with van der Waals surface area (Å²) in [6, 6.07) is 4.97. The molecule has 3 aliphatic rings. The fourth-order valence-corrected chi connectivity index (χ4v) is 5.42. The van der Waals surface area contributed by atoms with Crippen LogP contribution in [0.3, 0.4) is 0 Å². The Kier molecular flexibility index (Phi) is 4.07. The van der Waals surface area contributed by atoms with Crippen molar-refractivity contribution in [2.24, 2.45) is 11.8 Å². The lowest BCUT2D eigenvalue weighted by atomic mass is 9.62. The normalized spacial score (nSPS) is 33.1. The minimum atomic E-state index is 0.319. The fourth-order valence-electron chi connectivity index (χ4n) is 5.42. The van der Waals surface area contributed by atoms with E-state index in [1.165, 1.54) is 24.0 Å². The van der Waals surface area contributed by atoms with Crippen molar-refractivity contribution in [3.05, 3.63) is 35.9 Å². The molecule has 3 nitrogen and oxygen atoms in total. The van der Waals surface area contributed by atoms with Crippen molar-refractivity contribution in [1.29, 1.82) is 0 Å². The van der Waals surface area contributed by atoms with Crippen LogP contribution >= 0.6 is 0 Å². The van der Waals surface area contributed by atoms with Gasteiger partial charge in [-0.3, -0.25) is 4.90 Å². The first kappa shape index (κ1) is 16.0. The van der Waals surface area contributed by atoms with E-state index in [0.29, 0.717) is 29.9 Å². The molecule has 1 heterocycles. The molecule has 5 atom stereocenters. The van der Waals surface area contributed by atoms with Crippen molar-refractivity contribution in [3.8, 4) is 11.5 Å². The lowest BCUT2D eigenvalue weighted by molar-refractivity contribution is 0.0285. The maximum absolute atomic E-state index is 6.49. The highest BCUT2D eigenvalue weighted by Crippen LogP contribution is 2.58. The topological polar surface area (TPSA) is 21.7 Å². The third-order valence-electron chi connectivity index (χ3n) is 6.55. The van der Waals surface area contributed by atoms with Gasteiger partial charge in [0, 0.05) is 24.1 Å². The Morgan fingerprint density at radius 3 is 2.92 bits per heavy atom. The Balaban J connectivity index is 1.80. The highest BCUT2D eigenvalue weighted by Gasteiger charge is 2.52. The Labute approximate surface area is 145 Å². The number of benzene rings is 1. The molecular formula is C21H29NO2. The van der Waals surface area contributed by atoms with Crippen LogP contribution in [0.15, 0.2) is 24.8 Å². The van der Waals surface area contributed by atoms with Gasteiger partial charge < -0.3 is 9.47 Å². The molecule has 2 aliphatic carbocycles. The smallest absolute Gasteiger partial charge is 0.165 e. The van der Waals surface area contributed by atoms with Crippen molar-refractivity contribution >= 4 is 0 Å². The Morgan fingerprint density at radius 2 is 2.21 bits per heavy atom. The first-order chi connectivity index (χ1) is 11.7. The maximum atomic E-state index is 6.49. The highest BCUT2D eigenvalue weighted by molar-refractivity contribution is 5.57. The first-order valence-electron chi connectivity index (χ1n) is 9.40. The molecule has 1 saturated carbocycles. The van der Waals surface area contributed by atoms with E-state index in [1.54, 1.807) is 7.11 Å². The van der Waals surface area contributed by atoms with Gasteiger partial charge in [-0.15, -0.1) is 6.58 Å². The standard InChI is InChI=1S/C21H29NO2/c1-5-11-22(6-2)16-12-14-8-10-17(23-4)21-18(14)19-15(16)9-7-13(3)20(19)24-21/h5,8,10,13,15-16,19-20H,1,6-7,9,11-12H2,2-4H3/t13?,15-,16+,19?,20-/m1/s1. The average molecular weight is 327 g/mol. The summed E-state index contributed by atoms with van der Waals surface area (Å²) >= 11 is 0. The van der Waals surface area contributed by atoms with Gasteiger partial charge in [0.1, 0.15) is 6.10 Å². The fraction of sp³-hybridized carbons (Fsp3) is 0.619. The molecule has 24 heavy (non-hydrogen) atoms. The first-order valence-corrected chi connectivity index (χ1v) is 9.40. The van der Waals surface area contributed by atoms with Crippen LogP contribution in [0.25, 0.3) is 0 Å². The highest BCUT2D eigenvalue weighted by atomic mass is 16.5. The monoisotopic (exact) mass is 327 g/mol. The predicted octanol–water partition coefficient (Wildman–Crippen LogP) is 4.02. The molecule has 1 fully saturated rings. The van der Waals surface area contributed by atoms with Gasteiger partial charge in [-0.2, -0.15) is 0 Å². The van der Waals surface area contributed by atoms with Crippen molar-refractivity contribution in [3.63, 3.8) is 0 Å². The number of likely N-dealkylation sites (N-methyl/N-ethyl adjacent to an activating group) is 1. The molecule has 0 bridgehead atoms. The van der Waals surface area contributed by atoms with Gasteiger partial charge >= 0.3 is 0 Å². The zero-order valence-corrected chi connectivity index (χ0v) is 15.1. The second-order valence-corrected chi connectivity index (χ2v) is 7.64. The Hall–Kier alpha value is -1.48. The number of hydrogen-bond acceptors (Lipinski definition) is 3. The third-order valence-corrected chi connectivity index (χ3v) is 6.55. The van der Waals surface area contributed by atoms with Crippen LogP contribution in [0.2, 0.25) is 0 Å². The quantitative estimate of drug-likeness (QED) is 0.763. The van der Waals surface area contributed by atoms with Crippen LogP contribution in [0.1, 0.15) is 43.7 Å². The number of hydrogen-bond donors (Lipinski definition) is 0. The SMILES string of the molecule is C=CCN(CC)[C@H]1Cc2ccc(OC)c3c2C2[C@H](O3)C(C)CC[C@@H]21. The molecule has 0 saturated heterocycles. The van der Waals surface area contributed by atoms with Crippen LogP contribution in [-0.2, 0) is 6.42 Å². The molecule has 130 valence electrons. The zero-order chi connectivity index (χ0) is 16.8. The van der Waals surface area contributed by atoms with E-state index in [9.17, 15) is 0 Å². The molecule has 1 aliphatic heterocycles. The molecule has 0 radical (unpaired) electrons. The summed E-state index contributed by atoms with van der Waals surface area (Å²) in [4.78, 5) is 2.61. The van der Waals surface area contributed by atoms with E-state index in [1.807, 2.05) is 6.08 Å². The second-order valence-electron chi connectivity index (χ2n) is 7.64. The molecular weight excluding hydrogens is 298 g/mol. The molecule has 1 aromatic carbocycles. The molecule has 2 unspecified atom stereocenters. The van der Waals surface area contributed by atoms with Crippen LogP contribution < -0.4 is 9.47 Å². The summed E-state index contributed by atoms with van der Waals surface area (Å²) in [5, 5.41) is 0. The summed E-state index contributed by atoms with van der Waals surface area (Å²) in [6.07, 6.45) is 6.06. The number of ether oxygens (including phenoxy) is 2. The van der Waals surface area contributed by atoms with E-state index in [2.05, 4.69) is 37.5 Å². The van der Waals surface area contributed by atoms with Crippen molar-refractivity contribution in [1.82, 2.24) is 4.90 Å². The lowest BCUT2D eigenvalue weighted by Gasteiger charge is -2.47. The zero-order valence-electron chi connectivity index (χ0n) is 15.1. The van der Waals surface area contributed by atoms with Crippen molar-refractivity contribution in [2.75, 3.05) is 20.2 Å². The molecule has 0 amide bonds. The van der Waals surface area contributed by atoms with Gasteiger partial charge in [-0.05, 0) is 49.3 Å². The van der Waals surface area contributed by atoms with E-state index >= 15 is 0 Å². The molecule has 4 rings (SSSR count). The van der Waals surface area contributed by atoms with Crippen molar-refractivity contribution in [2.45, 2.75) is 51.2 Å². The molecule has 0 aromatic heterocycles. The van der Waals surface area contributed by atoms with Crippen LogP contribution in [0, 0.1) is 11.8 Å². The van der Waals surface area contributed by atoms with Gasteiger partial charge in [-0.25, -0.2) is 0 Å². The van der Waals surface area contributed by atoms with Gasteiger partial charge in [0.2, 0.25) is 0 Å². The molecule has 0 N–H and O–H groups in total.